The van der Waals surface area contributed by atoms with Crippen molar-refractivity contribution in [3.63, 3.8) is 0 Å². The Kier molecular flexibility index (Phi) is 6.86. The van der Waals surface area contributed by atoms with Gasteiger partial charge in [0.2, 0.25) is 0 Å². The van der Waals surface area contributed by atoms with E-state index in [0.717, 1.165) is 37.8 Å². The van der Waals surface area contributed by atoms with Gasteiger partial charge in [-0.05, 0) is 62.3 Å². The van der Waals surface area contributed by atoms with Gasteiger partial charge in [0.25, 0.3) is 0 Å². The Bertz CT molecular complexity index is 742. The third-order valence-corrected chi connectivity index (χ3v) is 5.73. The van der Waals surface area contributed by atoms with Crippen molar-refractivity contribution in [3.8, 4) is 5.75 Å². The van der Waals surface area contributed by atoms with Crippen LogP contribution in [0.1, 0.15) is 44.0 Å². The predicted octanol–water partition coefficient (Wildman–Crippen LogP) is 4.84. The Labute approximate surface area is 174 Å². The summed E-state index contributed by atoms with van der Waals surface area (Å²) in [4.78, 5) is 2.40. The first-order valence-corrected chi connectivity index (χ1v) is 10.9. The van der Waals surface area contributed by atoms with Gasteiger partial charge in [-0.2, -0.15) is 0 Å². The molecule has 2 aromatic rings. The lowest BCUT2D eigenvalue weighted by molar-refractivity contribution is -0.0234. The maximum absolute atomic E-state index is 6.34. The quantitative estimate of drug-likeness (QED) is 0.539. The summed E-state index contributed by atoms with van der Waals surface area (Å²) in [6, 6.07) is 19.3. The van der Waals surface area contributed by atoms with Gasteiger partial charge in [0.05, 0.1) is 6.61 Å². The number of hydrogen-bond acceptors (Lipinski definition) is 4. The van der Waals surface area contributed by atoms with Crippen molar-refractivity contribution in [1.29, 1.82) is 0 Å². The van der Waals surface area contributed by atoms with Crippen LogP contribution in [0.3, 0.4) is 0 Å². The maximum Gasteiger partial charge on any atom is 0.137 e. The standard InChI is InChI=1S/C25H33NO3/c1-19(2)26-16-24(29-25(26)22-6-4-3-5-7-22)18-28-23-12-10-20(11-13-23)14-15-27-17-21-8-9-21/h3-7,10-13,19,21,24-25H,8-9,14-18H2,1-2H3/t24?,25-/m0/s1. The van der Waals surface area contributed by atoms with Crippen LogP contribution >= 0.6 is 0 Å². The molecule has 0 bridgehead atoms. The molecule has 4 nitrogen and oxygen atoms in total. The second-order valence-electron chi connectivity index (χ2n) is 8.53. The van der Waals surface area contributed by atoms with Crippen LogP contribution in [0.15, 0.2) is 54.6 Å². The zero-order valence-corrected chi connectivity index (χ0v) is 17.6. The summed E-state index contributed by atoms with van der Waals surface area (Å²) in [7, 11) is 0. The molecule has 1 saturated carbocycles. The van der Waals surface area contributed by atoms with Crippen molar-refractivity contribution in [2.45, 2.75) is 51.5 Å². The molecule has 4 heteroatoms. The monoisotopic (exact) mass is 395 g/mol. The van der Waals surface area contributed by atoms with E-state index in [2.05, 4.69) is 67.3 Å². The Hall–Kier alpha value is -1.88. The van der Waals surface area contributed by atoms with E-state index in [1.807, 2.05) is 6.07 Å². The molecule has 2 aromatic carbocycles. The fourth-order valence-electron chi connectivity index (χ4n) is 3.76. The van der Waals surface area contributed by atoms with Crippen LogP contribution < -0.4 is 4.74 Å². The van der Waals surface area contributed by atoms with Gasteiger partial charge in [-0.15, -0.1) is 0 Å². The van der Waals surface area contributed by atoms with Crippen LogP contribution in [-0.2, 0) is 15.9 Å². The van der Waals surface area contributed by atoms with Crippen molar-refractivity contribution in [3.05, 3.63) is 65.7 Å². The van der Waals surface area contributed by atoms with Crippen LogP contribution in [0.2, 0.25) is 0 Å². The number of nitrogens with zero attached hydrogens (tertiary/aromatic N) is 1. The lowest BCUT2D eigenvalue weighted by atomic mass is 10.1. The summed E-state index contributed by atoms with van der Waals surface area (Å²) in [6.45, 7) is 7.62. The minimum absolute atomic E-state index is 0.00261. The third kappa shape index (κ3) is 5.81. The number of rotatable bonds is 10. The van der Waals surface area contributed by atoms with Crippen LogP contribution in [-0.4, -0.2) is 43.4 Å². The molecule has 1 aliphatic carbocycles. The van der Waals surface area contributed by atoms with Crippen LogP contribution in [0, 0.1) is 5.92 Å². The molecule has 4 rings (SSSR count). The molecule has 1 aliphatic heterocycles. The SMILES string of the molecule is CC(C)N1CC(COc2ccc(CCOCC3CC3)cc2)O[C@H]1c1ccccc1. The summed E-state index contributed by atoms with van der Waals surface area (Å²) in [5.41, 5.74) is 2.50. The number of ether oxygens (including phenoxy) is 3. The highest BCUT2D eigenvalue weighted by Gasteiger charge is 2.35. The highest BCUT2D eigenvalue weighted by atomic mass is 16.6. The molecule has 0 radical (unpaired) electrons. The summed E-state index contributed by atoms with van der Waals surface area (Å²) in [5.74, 6) is 1.73. The number of hydrogen-bond donors (Lipinski definition) is 0. The van der Waals surface area contributed by atoms with Crippen molar-refractivity contribution in [2.24, 2.45) is 5.92 Å². The van der Waals surface area contributed by atoms with Crippen molar-refractivity contribution < 1.29 is 14.2 Å². The van der Waals surface area contributed by atoms with Gasteiger partial charge in [0.15, 0.2) is 0 Å². The van der Waals surface area contributed by atoms with Crippen LogP contribution in [0.4, 0.5) is 0 Å². The van der Waals surface area contributed by atoms with Crippen molar-refractivity contribution in [1.82, 2.24) is 4.90 Å². The molecular formula is C25H33NO3. The molecule has 1 heterocycles. The van der Waals surface area contributed by atoms with Gasteiger partial charge in [0, 0.05) is 19.2 Å². The normalized spacial score (nSPS) is 22.3. The molecule has 2 atom stereocenters. The molecule has 0 spiro atoms. The van der Waals surface area contributed by atoms with E-state index in [1.165, 1.54) is 24.0 Å². The van der Waals surface area contributed by atoms with E-state index in [0.29, 0.717) is 12.6 Å². The van der Waals surface area contributed by atoms with Crippen molar-refractivity contribution in [2.75, 3.05) is 26.4 Å². The zero-order chi connectivity index (χ0) is 20.1. The highest BCUT2D eigenvalue weighted by Crippen LogP contribution is 2.32. The second-order valence-corrected chi connectivity index (χ2v) is 8.53. The number of benzene rings is 2. The predicted molar refractivity (Wildman–Crippen MR) is 115 cm³/mol. The maximum atomic E-state index is 6.34. The molecule has 156 valence electrons. The van der Waals surface area contributed by atoms with E-state index < -0.39 is 0 Å². The minimum atomic E-state index is 0.00261. The average Bonchev–Trinajstić information content (AvgIpc) is 3.47. The zero-order valence-electron chi connectivity index (χ0n) is 17.6. The van der Waals surface area contributed by atoms with Gasteiger partial charge < -0.3 is 14.2 Å². The first kappa shape index (κ1) is 20.4. The molecule has 1 saturated heterocycles. The summed E-state index contributed by atoms with van der Waals surface area (Å²) >= 11 is 0. The smallest absolute Gasteiger partial charge is 0.137 e. The van der Waals surface area contributed by atoms with Gasteiger partial charge in [-0.25, -0.2) is 0 Å². The van der Waals surface area contributed by atoms with Gasteiger partial charge >= 0.3 is 0 Å². The molecule has 2 fully saturated rings. The first-order valence-electron chi connectivity index (χ1n) is 10.9. The Morgan fingerprint density at radius 1 is 1.00 bits per heavy atom. The van der Waals surface area contributed by atoms with E-state index in [9.17, 15) is 0 Å². The van der Waals surface area contributed by atoms with E-state index >= 15 is 0 Å². The topological polar surface area (TPSA) is 30.9 Å². The summed E-state index contributed by atoms with van der Waals surface area (Å²) < 4.78 is 18.1. The third-order valence-electron chi connectivity index (χ3n) is 5.73. The molecular weight excluding hydrogens is 362 g/mol. The lowest BCUT2D eigenvalue weighted by Gasteiger charge is -2.26. The molecule has 0 aromatic heterocycles. The summed E-state index contributed by atoms with van der Waals surface area (Å²) in [5, 5.41) is 0. The van der Waals surface area contributed by atoms with E-state index in [4.69, 9.17) is 14.2 Å². The van der Waals surface area contributed by atoms with Gasteiger partial charge in [-0.3, -0.25) is 4.90 Å². The fourth-order valence-corrected chi connectivity index (χ4v) is 3.76. The highest BCUT2D eigenvalue weighted by molar-refractivity contribution is 5.27. The lowest BCUT2D eigenvalue weighted by Crippen LogP contribution is -2.32. The Morgan fingerprint density at radius 2 is 1.76 bits per heavy atom. The van der Waals surface area contributed by atoms with E-state index in [-0.39, 0.29) is 12.3 Å². The Balaban J connectivity index is 1.25. The average molecular weight is 396 g/mol. The molecule has 2 aliphatic rings. The largest absolute Gasteiger partial charge is 0.491 e. The fraction of sp³-hybridized carbons (Fsp3) is 0.520. The molecule has 29 heavy (non-hydrogen) atoms. The second kappa shape index (κ2) is 9.75. The van der Waals surface area contributed by atoms with Gasteiger partial charge in [-0.1, -0.05) is 42.5 Å². The van der Waals surface area contributed by atoms with Crippen LogP contribution in [0.5, 0.6) is 5.75 Å². The molecule has 1 unspecified atom stereocenters. The first-order chi connectivity index (χ1) is 14.2. The Morgan fingerprint density at radius 3 is 2.45 bits per heavy atom. The molecule has 0 N–H and O–H groups in total. The summed E-state index contributed by atoms with van der Waals surface area (Å²) in [6.07, 6.45) is 3.72. The van der Waals surface area contributed by atoms with E-state index in [1.54, 1.807) is 0 Å². The van der Waals surface area contributed by atoms with Crippen molar-refractivity contribution >= 4 is 0 Å². The van der Waals surface area contributed by atoms with Gasteiger partial charge in [0.1, 0.15) is 24.7 Å². The minimum Gasteiger partial charge on any atom is -0.491 e. The molecule has 0 amide bonds. The van der Waals surface area contributed by atoms with Crippen LogP contribution in [0.25, 0.3) is 0 Å².